The number of hydrogen-bond donors (Lipinski definition) is 1. The zero-order valence-corrected chi connectivity index (χ0v) is 6.85. The average molecular weight is 164 g/mol. The summed E-state index contributed by atoms with van der Waals surface area (Å²) in [7, 11) is 0. The van der Waals surface area contributed by atoms with Crippen LogP contribution in [-0.2, 0) is 0 Å². The lowest BCUT2D eigenvalue weighted by molar-refractivity contribution is 0.163. The molecule has 0 amide bonds. The number of hydrogen-bond acceptors (Lipinski definition) is 3. The number of nitrogens with zero attached hydrogens (tertiary/aromatic N) is 2. The molecule has 1 aromatic rings. The van der Waals surface area contributed by atoms with Gasteiger partial charge in [0.2, 0.25) is 0 Å². The highest BCUT2D eigenvalue weighted by molar-refractivity contribution is 5.13. The molecular formula is C9H12N2O. The maximum Gasteiger partial charge on any atom is 0.115 e. The summed E-state index contributed by atoms with van der Waals surface area (Å²) < 4.78 is 0. The highest BCUT2D eigenvalue weighted by Crippen LogP contribution is 2.33. The molecule has 1 heterocycles. The van der Waals surface area contributed by atoms with E-state index in [1.165, 1.54) is 6.33 Å². The van der Waals surface area contributed by atoms with E-state index >= 15 is 0 Å². The predicted molar refractivity (Wildman–Crippen MR) is 44.6 cm³/mol. The van der Waals surface area contributed by atoms with Gasteiger partial charge in [-0.3, -0.25) is 0 Å². The van der Waals surface area contributed by atoms with Crippen LogP contribution in [0.5, 0.6) is 0 Å². The fraction of sp³-hybridized carbons (Fsp3) is 0.556. The van der Waals surface area contributed by atoms with E-state index in [4.69, 9.17) is 0 Å². The van der Waals surface area contributed by atoms with Crippen molar-refractivity contribution in [2.75, 3.05) is 0 Å². The summed E-state index contributed by atoms with van der Waals surface area (Å²) in [5.74, 6) is 0.270. The van der Waals surface area contributed by atoms with E-state index in [1.807, 2.05) is 0 Å². The second-order valence-corrected chi connectivity index (χ2v) is 3.28. The topological polar surface area (TPSA) is 46.0 Å². The van der Waals surface area contributed by atoms with E-state index in [0.717, 1.165) is 24.8 Å². The molecule has 1 aliphatic carbocycles. The van der Waals surface area contributed by atoms with Crippen LogP contribution in [0.2, 0.25) is 0 Å². The first-order valence-corrected chi connectivity index (χ1v) is 4.31. The van der Waals surface area contributed by atoms with Gasteiger partial charge in [-0.25, -0.2) is 9.97 Å². The molecule has 0 radical (unpaired) electrons. The van der Waals surface area contributed by atoms with Crippen LogP contribution in [0.4, 0.5) is 0 Å². The Bertz CT molecular complexity index is 250. The van der Waals surface area contributed by atoms with Crippen molar-refractivity contribution in [3.8, 4) is 0 Å². The molecular weight excluding hydrogens is 152 g/mol. The molecule has 1 aromatic heterocycles. The lowest BCUT2D eigenvalue weighted by Gasteiger charge is -2.12. The Hall–Kier alpha value is -0.960. The van der Waals surface area contributed by atoms with Crippen LogP contribution >= 0.6 is 0 Å². The van der Waals surface area contributed by atoms with Crippen LogP contribution in [-0.4, -0.2) is 21.2 Å². The van der Waals surface area contributed by atoms with Gasteiger partial charge in [-0.1, -0.05) is 6.42 Å². The maximum atomic E-state index is 9.59. The first-order chi connectivity index (χ1) is 5.88. The van der Waals surface area contributed by atoms with Crippen LogP contribution in [0, 0.1) is 0 Å². The minimum atomic E-state index is -0.184. The standard InChI is InChI=1S/C9H12N2O/c12-9-3-1-2-8(9)7-4-10-6-11-5-7/h4-6,8-9,12H,1-3H2/t8-,9+/m1/s1. The first kappa shape index (κ1) is 7.68. The largest absolute Gasteiger partial charge is 0.392 e. The van der Waals surface area contributed by atoms with Gasteiger partial charge in [0.1, 0.15) is 6.33 Å². The summed E-state index contributed by atoms with van der Waals surface area (Å²) in [4.78, 5) is 7.88. The van der Waals surface area contributed by atoms with Crippen molar-refractivity contribution in [1.29, 1.82) is 0 Å². The lowest BCUT2D eigenvalue weighted by atomic mass is 9.99. The summed E-state index contributed by atoms with van der Waals surface area (Å²) in [6.45, 7) is 0. The van der Waals surface area contributed by atoms with E-state index in [2.05, 4.69) is 9.97 Å². The van der Waals surface area contributed by atoms with E-state index in [1.54, 1.807) is 12.4 Å². The molecule has 2 atom stereocenters. The third kappa shape index (κ3) is 1.32. The van der Waals surface area contributed by atoms with E-state index < -0.39 is 0 Å². The monoisotopic (exact) mass is 164 g/mol. The predicted octanol–water partition coefficient (Wildman–Crippen LogP) is 1.10. The van der Waals surface area contributed by atoms with Crippen molar-refractivity contribution in [3.63, 3.8) is 0 Å². The number of aliphatic hydroxyl groups is 1. The normalized spacial score (nSPS) is 29.1. The molecule has 0 saturated heterocycles. The first-order valence-electron chi connectivity index (χ1n) is 4.31. The van der Waals surface area contributed by atoms with Crippen molar-refractivity contribution in [1.82, 2.24) is 9.97 Å². The fourth-order valence-electron chi connectivity index (χ4n) is 1.83. The van der Waals surface area contributed by atoms with Gasteiger partial charge in [0, 0.05) is 18.3 Å². The van der Waals surface area contributed by atoms with Crippen molar-refractivity contribution in [2.45, 2.75) is 31.3 Å². The Labute approximate surface area is 71.5 Å². The average Bonchev–Trinajstić information content (AvgIpc) is 2.53. The van der Waals surface area contributed by atoms with Gasteiger partial charge in [0.15, 0.2) is 0 Å². The van der Waals surface area contributed by atoms with Gasteiger partial charge in [-0.05, 0) is 18.4 Å². The molecule has 0 spiro atoms. The molecule has 0 aliphatic heterocycles. The highest BCUT2D eigenvalue weighted by atomic mass is 16.3. The SMILES string of the molecule is O[C@H]1CCC[C@@H]1c1cncnc1. The molecule has 0 unspecified atom stereocenters. The molecule has 1 saturated carbocycles. The molecule has 1 N–H and O–H groups in total. The Kier molecular flexibility index (Phi) is 2.04. The van der Waals surface area contributed by atoms with Gasteiger partial charge in [-0.2, -0.15) is 0 Å². The molecule has 3 heteroatoms. The number of aliphatic hydroxyl groups excluding tert-OH is 1. The van der Waals surface area contributed by atoms with Crippen LogP contribution in [0.25, 0.3) is 0 Å². The number of rotatable bonds is 1. The Morgan fingerprint density at radius 3 is 2.58 bits per heavy atom. The Morgan fingerprint density at radius 2 is 2.00 bits per heavy atom. The summed E-state index contributed by atoms with van der Waals surface area (Å²) >= 11 is 0. The Balaban J connectivity index is 2.19. The fourth-order valence-corrected chi connectivity index (χ4v) is 1.83. The second kappa shape index (κ2) is 3.19. The molecule has 1 fully saturated rings. The van der Waals surface area contributed by atoms with Gasteiger partial charge < -0.3 is 5.11 Å². The minimum Gasteiger partial charge on any atom is -0.392 e. The van der Waals surface area contributed by atoms with Crippen molar-refractivity contribution < 1.29 is 5.11 Å². The van der Waals surface area contributed by atoms with Crippen molar-refractivity contribution >= 4 is 0 Å². The van der Waals surface area contributed by atoms with Crippen LogP contribution in [0.15, 0.2) is 18.7 Å². The third-order valence-electron chi connectivity index (χ3n) is 2.49. The molecule has 2 rings (SSSR count). The molecule has 1 aliphatic rings. The van der Waals surface area contributed by atoms with Crippen LogP contribution < -0.4 is 0 Å². The molecule has 0 aromatic carbocycles. The molecule has 0 bridgehead atoms. The van der Waals surface area contributed by atoms with Gasteiger partial charge in [-0.15, -0.1) is 0 Å². The van der Waals surface area contributed by atoms with Gasteiger partial charge in [0.05, 0.1) is 6.10 Å². The van der Waals surface area contributed by atoms with Crippen molar-refractivity contribution in [2.24, 2.45) is 0 Å². The second-order valence-electron chi connectivity index (χ2n) is 3.28. The third-order valence-corrected chi connectivity index (χ3v) is 2.49. The summed E-state index contributed by atoms with van der Waals surface area (Å²) in [5, 5.41) is 9.59. The number of aromatic nitrogens is 2. The van der Waals surface area contributed by atoms with Crippen molar-refractivity contribution in [3.05, 3.63) is 24.3 Å². The van der Waals surface area contributed by atoms with E-state index in [0.29, 0.717) is 0 Å². The molecule has 12 heavy (non-hydrogen) atoms. The molecule has 3 nitrogen and oxygen atoms in total. The summed E-state index contributed by atoms with van der Waals surface area (Å²) in [5.41, 5.74) is 1.07. The summed E-state index contributed by atoms with van der Waals surface area (Å²) in [6.07, 6.45) is 8.02. The Morgan fingerprint density at radius 1 is 1.25 bits per heavy atom. The quantitative estimate of drug-likeness (QED) is 0.676. The summed E-state index contributed by atoms with van der Waals surface area (Å²) in [6, 6.07) is 0. The van der Waals surface area contributed by atoms with Gasteiger partial charge >= 0.3 is 0 Å². The van der Waals surface area contributed by atoms with E-state index in [-0.39, 0.29) is 12.0 Å². The van der Waals surface area contributed by atoms with Gasteiger partial charge in [0.25, 0.3) is 0 Å². The molecule has 64 valence electrons. The van der Waals surface area contributed by atoms with Crippen LogP contribution in [0.3, 0.4) is 0 Å². The van der Waals surface area contributed by atoms with Crippen LogP contribution in [0.1, 0.15) is 30.7 Å². The zero-order valence-electron chi connectivity index (χ0n) is 6.85. The minimum absolute atomic E-state index is 0.184. The highest BCUT2D eigenvalue weighted by Gasteiger charge is 2.26. The smallest absolute Gasteiger partial charge is 0.115 e. The maximum absolute atomic E-state index is 9.59. The van der Waals surface area contributed by atoms with E-state index in [9.17, 15) is 5.11 Å². The zero-order chi connectivity index (χ0) is 8.39. The lowest BCUT2D eigenvalue weighted by Crippen LogP contribution is -2.11.